The molecule has 4 rings (SSSR count). The molecule has 0 saturated heterocycles. The van der Waals surface area contributed by atoms with Crippen LogP contribution in [0.3, 0.4) is 0 Å². The summed E-state index contributed by atoms with van der Waals surface area (Å²) in [7, 11) is 0. The Hall–Kier alpha value is -3.94. The van der Waals surface area contributed by atoms with Crippen LogP contribution in [0.2, 0.25) is 0 Å². The van der Waals surface area contributed by atoms with Gasteiger partial charge >= 0.3 is 5.97 Å². The average molecular weight is 446 g/mol. The van der Waals surface area contributed by atoms with E-state index in [1.807, 2.05) is 69.3 Å². The molecule has 0 radical (unpaired) electrons. The van der Waals surface area contributed by atoms with Crippen LogP contribution in [0.25, 0.3) is 0 Å². The fourth-order valence-corrected chi connectivity index (χ4v) is 4.12. The second kappa shape index (κ2) is 9.28. The molecule has 8 nitrogen and oxygen atoms in total. The summed E-state index contributed by atoms with van der Waals surface area (Å²) in [6, 6.07) is 15.0. The number of aromatic nitrogens is 3. The van der Waals surface area contributed by atoms with E-state index in [2.05, 4.69) is 15.4 Å². The summed E-state index contributed by atoms with van der Waals surface area (Å²) in [5, 5.41) is 7.36. The minimum Gasteiger partial charge on any atom is -0.463 e. The summed E-state index contributed by atoms with van der Waals surface area (Å²) in [5.74, 6) is -0.174. The van der Waals surface area contributed by atoms with Crippen LogP contribution in [0.1, 0.15) is 36.6 Å². The number of anilines is 2. The summed E-state index contributed by atoms with van der Waals surface area (Å²) in [5.41, 5.74) is 4.77. The fraction of sp³-hybridized carbons (Fsp3) is 0.280. The Bertz CT molecular complexity index is 1220. The number of benzene rings is 2. The van der Waals surface area contributed by atoms with Gasteiger partial charge in [-0.2, -0.15) is 10.1 Å². The van der Waals surface area contributed by atoms with Gasteiger partial charge in [-0.25, -0.2) is 9.48 Å². The topological polar surface area (TPSA) is 89.3 Å². The third kappa shape index (κ3) is 4.37. The lowest BCUT2D eigenvalue weighted by molar-refractivity contribution is -0.139. The molecule has 170 valence electrons. The minimum atomic E-state index is -0.499. The van der Waals surface area contributed by atoms with Crippen molar-refractivity contribution in [1.29, 1.82) is 0 Å². The van der Waals surface area contributed by atoms with Crippen LogP contribution in [-0.2, 0) is 14.3 Å². The van der Waals surface area contributed by atoms with Crippen LogP contribution in [0.5, 0.6) is 0 Å². The molecule has 1 aliphatic rings. The number of nitrogens with one attached hydrogen (secondary N) is 1. The maximum atomic E-state index is 13.1. The number of allylic oxidation sites excluding steroid dienone is 1. The van der Waals surface area contributed by atoms with E-state index in [-0.39, 0.29) is 19.1 Å². The van der Waals surface area contributed by atoms with Gasteiger partial charge in [0, 0.05) is 11.4 Å². The van der Waals surface area contributed by atoms with Crippen molar-refractivity contribution >= 4 is 23.5 Å². The van der Waals surface area contributed by atoms with Crippen molar-refractivity contribution in [3.63, 3.8) is 0 Å². The number of esters is 1. The second-order valence-electron chi connectivity index (χ2n) is 7.99. The van der Waals surface area contributed by atoms with Crippen molar-refractivity contribution in [1.82, 2.24) is 14.8 Å². The molecule has 0 spiro atoms. The predicted octanol–water partition coefficient (Wildman–Crippen LogP) is 3.78. The Balaban J connectivity index is 1.71. The molecule has 0 unspecified atom stereocenters. The molecule has 1 atom stereocenters. The number of amides is 1. The van der Waals surface area contributed by atoms with Gasteiger partial charge in [0.15, 0.2) is 0 Å². The quantitative estimate of drug-likeness (QED) is 0.581. The van der Waals surface area contributed by atoms with Crippen molar-refractivity contribution < 1.29 is 14.3 Å². The largest absolute Gasteiger partial charge is 0.463 e. The van der Waals surface area contributed by atoms with E-state index in [0.29, 0.717) is 17.2 Å². The van der Waals surface area contributed by atoms with Gasteiger partial charge in [0.25, 0.3) is 0 Å². The van der Waals surface area contributed by atoms with Crippen LogP contribution < -0.4 is 10.2 Å². The average Bonchev–Trinajstić information content (AvgIpc) is 3.27. The maximum Gasteiger partial charge on any atom is 0.338 e. The highest BCUT2D eigenvalue weighted by atomic mass is 16.5. The Morgan fingerprint density at radius 3 is 2.55 bits per heavy atom. The molecule has 33 heavy (non-hydrogen) atoms. The first-order valence-corrected chi connectivity index (χ1v) is 10.9. The summed E-state index contributed by atoms with van der Waals surface area (Å²) >= 11 is 0. The molecule has 1 N–H and O–H groups in total. The van der Waals surface area contributed by atoms with Gasteiger partial charge in [-0.1, -0.05) is 48.0 Å². The number of carbonyl (C=O) groups excluding carboxylic acids is 2. The van der Waals surface area contributed by atoms with E-state index in [1.165, 1.54) is 6.33 Å². The van der Waals surface area contributed by atoms with E-state index in [9.17, 15) is 9.59 Å². The van der Waals surface area contributed by atoms with Gasteiger partial charge in [0.05, 0.1) is 12.2 Å². The second-order valence-corrected chi connectivity index (χ2v) is 7.99. The lowest BCUT2D eigenvalue weighted by Crippen LogP contribution is -2.41. The molecule has 3 aromatic rings. The number of hydrogen-bond donors (Lipinski definition) is 1. The zero-order chi connectivity index (χ0) is 23.5. The maximum absolute atomic E-state index is 13.1. The Morgan fingerprint density at radius 2 is 1.85 bits per heavy atom. The number of aryl methyl sites for hydroxylation is 2. The number of rotatable bonds is 6. The normalized spacial score (nSPS) is 15.3. The zero-order valence-electron chi connectivity index (χ0n) is 19.2. The number of nitrogens with zero attached hydrogens (tertiary/aromatic N) is 4. The minimum absolute atomic E-state index is 0.0255. The van der Waals surface area contributed by atoms with E-state index >= 15 is 0 Å². The summed E-state index contributed by atoms with van der Waals surface area (Å²) < 4.78 is 7.05. The van der Waals surface area contributed by atoms with Crippen LogP contribution in [0.15, 0.2) is 66.1 Å². The fourth-order valence-electron chi connectivity index (χ4n) is 4.12. The van der Waals surface area contributed by atoms with Gasteiger partial charge in [-0.05, 0) is 44.9 Å². The molecule has 8 heteroatoms. The molecule has 0 saturated carbocycles. The molecule has 2 aromatic carbocycles. The van der Waals surface area contributed by atoms with Crippen LogP contribution in [0.4, 0.5) is 11.6 Å². The first-order valence-electron chi connectivity index (χ1n) is 10.9. The SMILES string of the molecule is CCOC(=O)C1=C(C)N(CC(=O)Nc2ccc(C)cc2C)c2ncnn2[C@H]1c1ccccc1. The summed E-state index contributed by atoms with van der Waals surface area (Å²) in [6.07, 6.45) is 1.43. The molecule has 0 bridgehead atoms. The molecular formula is C25H27N5O3. The van der Waals surface area contributed by atoms with E-state index in [0.717, 1.165) is 22.4 Å². The number of hydrogen-bond acceptors (Lipinski definition) is 6. The summed E-state index contributed by atoms with van der Waals surface area (Å²) in [6.45, 7) is 7.76. The van der Waals surface area contributed by atoms with Gasteiger partial charge < -0.3 is 15.0 Å². The molecule has 1 aliphatic heterocycles. The highest BCUT2D eigenvalue weighted by Gasteiger charge is 2.38. The van der Waals surface area contributed by atoms with Gasteiger partial charge in [-0.3, -0.25) is 4.79 Å². The van der Waals surface area contributed by atoms with Crippen molar-refractivity contribution in [3.05, 3.63) is 82.8 Å². The zero-order valence-corrected chi connectivity index (χ0v) is 19.2. The van der Waals surface area contributed by atoms with Crippen LogP contribution in [0, 0.1) is 13.8 Å². The molecule has 2 heterocycles. The smallest absolute Gasteiger partial charge is 0.338 e. The van der Waals surface area contributed by atoms with E-state index < -0.39 is 12.0 Å². The van der Waals surface area contributed by atoms with E-state index in [1.54, 1.807) is 16.5 Å². The molecular weight excluding hydrogens is 418 g/mol. The van der Waals surface area contributed by atoms with Gasteiger partial charge in [0.1, 0.15) is 18.9 Å². The molecule has 0 fully saturated rings. The predicted molar refractivity (Wildman–Crippen MR) is 126 cm³/mol. The van der Waals surface area contributed by atoms with Gasteiger partial charge in [-0.15, -0.1) is 0 Å². The lowest BCUT2D eigenvalue weighted by Gasteiger charge is -2.35. The Labute approximate surface area is 192 Å². The van der Waals surface area contributed by atoms with Crippen molar-refractivity contribution in [2.24, 2.45) is 0 Å². The monoisotopic (exact) mass is 445 g/mol. The Kier molecular flexibility index (Phi) is 6.26. The number of carbonyl (C=O) groups is 2. The highest BCUT2D eigenvalue weighted by Crippen LogP contribution is 2.38. The third-order valence-corrected chi connectivity index (χ3v) is 5.68. The standard InChI is InChI=1S/C25H27N5O3/c1-5-33-24(32)22-18(4)29(14-21(31)28-20-12-11-16(2)13-17(20)3)25-26-15-27-30(25)23(22)19-9-7-6-8-10-19/h6-13,15,23H,5,14H2,1-4H3,(H,28,31)/t23-/m0/s1. The molecule has 1 amide bonds. The Morgan fingerprint density at radius 1 is 1.09 bits per heavy atom. The van der Waals surface area contributed by atoms with Crippen molar-refractivity contribution in [3.8, 4) is 0 Å². The van der Waals surface area contributed by atoms with Crippen LogP contribution >= 0.6 is 0 Å². The molecule has 1 aromatic heterocycles. The number of ether oxygens (including phenoxy) is 1. The van der Waals surface area contributed by atoms with Crippen molar-refractivity contribution in [2.75, 3.05) is 23.4 Å². The number of fused-ring (bicyclic) bond motifs is 1. The lowest BCUT2D eigenvalue weighted by atomic mass is 9.95. The van der Waals surface area contributed by atoms with Crippen molar-refractivity contribution in [2.45, 2.75) is 33.7 Å². The molecule has 0 aliphatic carbocycles. The van der Waals surface area contributed by atoms with Gasteiger partial charge in [0.2, 0.25) is 11.9 Å². The van der Waals surface area contributed by atoms with E-state index in [4.69, 9.17) is 4.74 Å². The highest BCUT2D eigenvalue weighted by molar-refractivity contribution is 5.97. The first-order chi connectivity index (χ1) is 15.9. The van der Waals surface area contributed by atoms with Crippen LogP contribution in [-0.4, -0.2) is 39.8 Å². The first kappa shape index (κ1) is 22.3. The summed E-state index contributed by atoms with van der Waals surface area (Å²) in [4.78, 5) is 32.2. The third-order valence-electron chi connectivity index (χ3n) is 5.68.